The molecule has 128 valence electrons. The molecule has 1 aliphatic rings. The first-order valence-electron chi connectivity index (χ1n) is 8.04. The topological polar surface area (TPSA) is 41.6 Å². The third-order valence-electron chi connectivity index (χ3n) is 3.60. The van der Waals surface area contributed by atoms with Gasteiger partial charge in [0.25, 0.3) is 5.91 Å². The molecule has 0 spiro atoms. The van der Waals surface area contributed by atoms with Crippen LogP contribution in [0.3, 0.4) is 0 Å². The summed E-state index contributed by atoms with van der Waals surface area (Å²) in [7, 11) is 0. The highest BCUT2D eigenvalue weighted by Crippen LogP contribution is 2.23. The molecule has 24 heavy (non-hydrogen) atoms. The van der Waals surface area contributed by atoms with E-state index in [4.69, 9.17) is 4.74 Å². The Balaban J connectivity index is 0.000000249. The number of hydrogen-bond donors (Lipinski definition) is 1. The third-order valence-corrected chi connectivity index (χ3v) is 4.25. The Morgan fingerprint density at radius 3 is 2.29 bits per heavy atom. The van der Waals surface area contributed by atoms with Gasteiger partial charge in [0.05, 0.1) is 4.47 Å². The molecule has 0 aliphatic carbocycles. The molecule has 0 aromatic heterocycles. The number of amides is 1. The summed E-state index contributed by atoms with van der Waals surface area (Å²) >= 11 is 3.38. The van der Waals surface area contributed by atoms with Crippen LogP contribution >= 0.6 is 15.9 Å². The molecule has 1 saturated heterocycles. The van der Waals surface area contributed by atoms with Gasteiger partial charge in [0.1, 0.15) is 5.75 Å². The van der Waals surface area contributed by atoms with Crippen molar-refractivity contribution in [1.82, 2.24) is 10.2 Å². The van der Waals surface area contributed by atoms with E-state index in [-0.39, 0.29) is 12.5 Å². The lowest BCUT2D eigenvalue weighted by Crippen LogP contribution is -2.47. The molecular weight excluding hydrogens is 368 g/mol. The molecular formula is C19H23BrN2O2. The Morgan fingerprint density at radius 2 is 1.71 bits per heavy atom. The maximum absolute atomic E-state index is 11.8. The molecule has 0 radical (unpaired) electrons. The summed E-state index contributed by atoms with van der Waals surface area (Å²) in [5.74, 6) is 0.748. The maximum atomic E-state index is 11.8. The van der Waals surface area contributed by atoms with Crippen LogP contribution in [-0.2, 0) is 4.79 Å². The highest BCUT2D eigenvalue weighted by molar-refractivity contribution is 9.10. The fourth-order valence-electron chi connectivity index (χ4n) is 2.24. The average Bonchev–Trinajstić information content (AvgIpc) is 2.63. The summed E-state index contributed by atoms with van der Waals surface area (Å²) in [6, 6.07) is 17.8. The van der Waals surface area contributed by atoms with Crippen molar-refractivity contribution in [2.75, 3.05) is 32.8 Å². The molecule has 2 aromatic carbocycles. The first-order valence-corrected chi connectivity index (χ1v) is 8.83. The summed E-state index contributed by atoms with van der Waals surface area (Å²) in [6.45, 7) is 5.43. The van der Waals surface area contributed by atoms with Crippen molar-refractivity contribution < 1.29 is 9.53 Å². The molecule has 1 N–H and O–H groups in total. The van der Waals surface area contributed by atoms with E-state index in [9.17, 15) is 4.79 Å². The first kappa shape index (κ1) is 18.5. The van der Waals surface area contributed by atoms with Crippen LogP contribution in [0.25, 0.3) is 0 Å². The molecule has 1 amide bonds. The Bertz CT molecular complexity index is 628. The zero-order valence-electron chi connectivity index (χ0n) is 13.9. The number of aryl methyl sites for hydroxylation is 1. The van der Waals surface area contributed by atoms with E-state index in [1.807, 2.05) is 47.4 Å². The fourth-order valence-corrected chi connectivity index (χ4v) is 2.64. The zero-order valence-corrected chi connectivity index (χ0v) is 15.5. The van der Waals surface area contributed by atoms with Crippen molar-refractivity contribution in [1.29, 1.82) is 0 Å². The molecule has 0 bridgehead atoms. The van der Waals surface area contributed by atoms with E-state index in [0.717, 1.165) is 30.7 Å². The molecule has 0 saturated carbocycles. The van der Waals surface area contributed by atoms with Crippen molar-refractivity contribution in [3.63, 3.8) is 0 Å². The molecule has 3 rings (SSSR count). The van der Waals surface area contributed by atoms with Gasteiger partial charge in [0.2, 0.25) is 0 Å². The second-order valence-electron chi connectivity index (χ2n) is 5.50. The van der Waals surface area contributed by atoms with Gasteiger partial charge in [-0.1, -0.05) is 48.0 Å². The van der Waals surface area contributed by atoms with Gasteiger partial charge in [-0.3, -0.25) is 4.79 Å². The summed E-state index contributed by atoms with van der Waals surface area (Å²) in [5.41, 5.74) is 1.32. The Hall–Kier alpha value is -1.85. The molecule has 0 unspecified atom stereocenters. The number of ether oxygens (including phenoxy) is 1. The van der Waals surface area contributed by atoms with Crippen LogP contribution in [0, 0.1) is 6.92 Å². The van der Waals surface area contributed by atoms with Crippen LogP contribution in [0.4, 0.5) is 0 Å². The van der Waals surface area contributed by atoms with E-state index in [2.05, 4.69) is 40.3 Å². The highest BCUT2D eigenvalue weighted by atomic mass is 79.9. The zero-order chi connectivity index (χ0) is 17.2. The second-order valence-corrected chi connectivity index (χ2v) is 6.36. The van der Waals surface area contributed by atoms with Crippen molar-refractivity contribution in [3.8, 4) is 5.75 Å². The van der Waals surface area contributed by atoms with E-state index in [1.165, 1.54) is 5.56 Å². The van der Waals surface area contributed by atoms with Crippen molar-refractivity contribution in [2.45, 2.75) is 6.92 Å². The van der Waals surface area contributed by atoms with Gasteiger partial charge < -0.3 is 15.0 Å². The van der Waals surface area contributed by atoms with Crippen LogP contribution in [0.1, 0.15) is 5.56 Å². The summed E-state index contributed by atoms with van der Waals surface area (Å²) in [5, 5.41) is 3.21. The van der Waals surface area contributed by atoms with Crippen molar-refractivity contribution >= 4 is 21.8 Å². The second kappa shape index (κ2) is 10.1. The number of carbonyl (C=O) groups excluding carboxylic acids is 1. The number of para-hydroxylation sites is 1. The van der Waals surface area contributed by atoms with E-state index in [0.29, 0.717) is 5.75 Å². The van der Waals surface area contributed by atoms with Gasteiger partial charge in [-0.25, -0.2) is 0 Å². The quantitative estimate of drug-likeness (QED) is 0.874. The normalized spacial score (nSPS) is 13.7. The number of piperazine rings is 1. The Labute approximate surface area is 151 Å². The van der Waals surface area contributed by atoms with Crippen LogP contribution in [-0.4, -0.2) is 43.6 Å². The van der Waals surface area contributed by atoms with Crippen molar-refractivity contribution in [2.24, 2.45) is 0 Å². The first-order chi connectivity index (χ1) is 11.7. The number of nitrogens with zero attached hydrogens (tertiary/aromatic N) is 1. The lowest BCUT2D eigenvalue weighted by atomic mass is 10.2. The lowest BCUT2D eigenvalue weighted by Gasteiger charge is -2.27. The van der Waals surface area contributed by atoms with Crippen LogP contribution in [0.5, 0.6) is 5.75 Å². The molecule has 2 aromatic rings. The molecule has 1 aliphatic heterocycles. The molecule has 5 heteroatoms. The largest absolute Gasteiger partial charge is 0.483 e. The van der Waals surface area contributed by atoms with Gasteiger partial charge in [-0.2, -0.15) is 0 Å². The number of rotatable bonds is 3. The molecule has 1 fully saturated rings. The van der Waals surface area contributed by atoms with Crippen LogP contribution in [0.2, 0.25) is 0 Å². The van der Waals surface area contributed by atoms with Crippen LogP contribution < -0.4 is 10.1 Å². The summed E-state index contributed by atoms with van der Waals surface area (Å²) in [4.78, 5) is 13.7. The van der Waals surface area contributed by atoms with E-state index >= 15 is 0 Å². The average molecular weight is 391 g/mol. The van der Waals surface area contributed by atoms with Gasteiger partial charge in [-0.15, -0.1) is 0 Å². The number of carbonyl (C=O) groups is 1. The Morgan fingerprint density at radius 1 is 1.08 bits per heavy atom. The molecule has 1 heterocycles. The van der Waals surface area contributed by atoms with Gasteiger partial charge in [0, 0.05) is 26.2 Å². The van der Waals surface area contributed by atoms with Gasteiger partial charge in [0.15, 0.2) is 6.61 Å². The molecule has 0 atom stereocenters. The van der Waals surface area contributed by atoms with Crippen molar-refractivity contribution in [3.05, 3.63) is 64.6 Å². The van der Waals surface area contributed by atoms with E-state index < -0.39 is 0 Å². The van der Waals surface area contributed by atoms with Crippen LogP contribution in [0.15, 0.2) is 59.1 Å². The lowest BCUT2D eigenvalue weighted by molar-refractivity contribution is -0.133. The summed E-state index contributed by atoms with van der Waals surface area (Å²) in [6.07, 6.45) is 0. The minimum atomic E-state index is 0.0438. The smallest absolute Gasteiger partial charge is 0.260 e. The number of benzene rings is 2. The minimum Gasteiger partial charge on any atom is -0.483 e. The number of nitrogens with one attached hydrogen (secondary N) is 1. The van der Waals surface area contributed by atoms with Gasteiger partial charge >= 0.3 is 0 Å². The van der Waals surface area contributed by atoms with Gasteiger partial charge in [-0.05, 0) is 35.0 Å². The number of halogens is 1. The highest BCUT2D eigenvalue weighted by Gasteiger charge is 2.16. The van der Waals surface area contributed by atoms with E-state index in [1.54, 1.807) is 0 Å². The maximum Gasteiger partial charge on any atom is 0.260 e. The monoisotopic (exact) mass is 390 g/mol. The molecule has 4 nitrogen and oxygen atoms in total. The Kier molecular flexibility index (Phi) is 7.79. The number of hydrogen-bond acceptors (Lipinski definition) is 3. The fraction of sp³-hybridized carbons (Fsp3) is 0.316. The SMILES string of the molecule is Cc1ccccc1.O=C(COc1ccccc1Br)N1CCNCC1. The predicted octanol–water partition coefficient (Wildman–Crippen LogP) is 3.25. The summed E-state index contributed by atoms with van der Waals surface area (Å²) < 4.78 is 6.36. The minimum absolute atomic E-state index is 0.0438. The predicted molar refractivity (Wildman–Crippen MR) is 100 cm³/mol. The third kappa shape index (κ3) is 6.34. The standard InChI is InChI=1S/C12H15BrN2O2.C7H8/c13-10-3-1-2-4-11(10)17-9-12(16)15-7-5-14-6-8-15;1-7-5-3-2-4-6-7/h1-4,14H,5-9H2;2-6H,1H3.